The van der Waals surface area contributed by atoms with Crippen LogP contribution in [0, 0.1) is 19.8 Å². The van der Waals surface area contributed by atoms with Crippen LogP contribution in [-0.2, 0) is 14.4 Å². The Labute approximate surface area is 165 Å². The Balaban J connectivity index is 1.61. The number of carbonyl (C=O) groups excluding carboxylic acids is 3. The normalized spacial score (nSPS) is 15.5. The van der Waals surface area contributed by atoms with E-state index in [0.717, 1.165) is 16.8 Å². The van der Waals surface area contributed by atoms with Gasteiger partial charge < -0.3 is 15.1 Å². The first-order valence-electron chi connectivity index (χ1n) is 9.40. The molecule has 2 aromatic rings. The molecule has 3 amide bonds. The molecule has 28 heavy (non-hydrogen) atoms. The molecule has 0 spiro atoms. The second-order valence-electron chi connectivity index (χ2n) is 7.31. The molecule has 1 aliphatic heterocycles. The molecule has 1 saturated heterocycles. The maximum Gasteiger partial charge on any atom is 0.316 e. The molecule has 0 radical (unpaired) electrons. The molecule has 0 aliphatic carbocycles. The lowest BCUT2D eigenvalue weighted by Gasteiger charge is -2.34. The van der Waals surface area contributed by atoms with Crippen molar-refractivity contribution in [1.82, 2.24) is 4.90 Å². The maximum absolute atomic E-state index is 12.5. The van der Waals surface area contributed by atoms with Gasteiger partial charge in [0.15, 0.2) is 0 Å². The van der Waals surface area contributed by atoms with Gasteiger partial charge in [0.2, 0.25) is 5.91 Å². The Morgan fingerprint density at radius 2 is 1.64 bits per heavy atom. The number of nitrogens with one attached hydrogen (secondary N) is 1. The molecule has 146 valence electrons. The van der Waals surface area contributed by atoms with Gasteiger partial charge in [-0.2, -0.15) is 0 Å². The first-order valence-corrected chi connectivity index (χ1v) is 9.40. The molecule has 0 unspecified atom stereocenters. The number of amides is 3. The molecule has 0 aromatic heterocycles. The Hall–Kier alpha value is -3.15. The Kier molecular flexibility index (Phi) is 5.78. The second kappa shape index (κ2) is 8.25. The molecule has 3 rings (SSSR count). The number of piperazine rings is 1. The quantitative estimate of drug-likeness (QED) is 0.812. The van der Waals surface area contributed by atoms with Gasteiger partial charge in [0.1, 0.15) is 0 Å². The zero-order valence-electron chi connectivity index (χ0n) is 16.4. The van der Waals surface area contributed by atoms with E-state index >= 15 is 0 Å². The van der Waals surface area contributed by atoms with Gasteiger partial charge in [0.05, 0.1) is 5.92 Å². The fourth-order valence-corrected chi connectivity index (χ4v) is 3.43. The Morgan fingerprint density at radius 3 is 2.29 bits per heavy atom. The summed E-state index contributed by atoms with van der Waals surface area (Å²) in [7, 11) is 0. The van der Waals surface area contributed by atoms with E-state index in [1.54, 1.807) is 19.1 Å². The van der Waals surface area contributed by atoms with Crippen LogP contribution in [0.15, 0.2) is 48.5 Å². The van der Waals surface area contributed by atoms with E-state index in [4.69, 9.17) is 0 Å². The zero-order valence-corrected chi connectivity index (χ0v) is 16.4. The van der Waals surface area contributed by atoms with Crippen LogP contribution in [0.3, 0.4) is 0 Å². The molecule has 1 heterocycles. The van der Waals surface area contributed by atoms with Gasteiger partial charge in [0.25, 0.3) is 0 Å². The van der Waals surface area contributed by atoms with E-state index in [9.17, 15) is 14.4 Å². The van der Waals surface area contributed by atoms with Gasteiger partial charge in [-0.15, -0.1) is 0 Å². The minimum Gasteiger partial charge on any atom is -0.332 e. The molecule has 0 bridgehead atoms. The third-order valence-electron chi connectivity index (χ3n) is 4.81. The van der Waals surface area contributed by atoms with Crippen molar-refractivity contribution in [3.8, 4) is 0 Å². The van der Waals surface area contributed by atoms with Crippen LogP contribution < -0.4 is 10.2 Å². The topological polar surface area (TPSA) is 69.7 Å². The molecular formula is C22H25N3O3. The fraction of sp³-hybridized carbons (Fsp3) is 0.318. The lowest BCUT2D eigenvalue weighted by Crippen LogP contribution is -2.55. The summed E-state index contributed by atoms with van der Waals surface area (Å²) in [5, 5.41) is 2.90. The van der Waals surface area contributed by atoms with E-state index in [2.05, 4.69) is 5.32 Å². The van der Waals surface area contributed by atoms with Crippen molar-refractivity contribution in [1.29, 1.82) is 0 Å². The molecule has 1 fully saturated rings. The molecule has 1 atom stereocenters. The number of benzene rings is 2. The summed E-state index contributed by atoms with van der Waals surface area (Å²) in [6, 6.07) is 15.0. The van der Waals surface area contributed by atoms with Gasteiger partial charge in [-0.1, -0.05) is 31.2 Å². The Bertz CT molecular complexity index is 875. The largest absolute Gasteiger partial charge is 0.332 e. The minimum absolute atomic E-state index is 0.171. The van der Waals surface area contributed by atoms with E-state index in [0.29, 0.717) is 18.8 Å². The number of hydrogen-bond acceptors (Lipinski definition) is 3. The summed E-state index contributed by atoms with van der Waals surface area (Å²) in [4.78, 5) is 40.5. The van der Waals surface area contributed by atoms with Crippen LogP contribution in [-0.4, -0.2) is 42.3 Å². The van der Waals surface area contributed by atoms with Crippen molar-refractivity contribution in [2.75, 3.05) is 29.9 Å². The summed E-state index contributed by atoms with van der Waals surface area (Å²) in [6.07, 6.45) is 0. The summed E-state index contributed by atoms with van der Waals surface area (Å²) >= 11 is 0. The van der Waals surface area contributed by atoms with Crippen molar-refractivity contribution in [2.24, 2.45) is 5.92 Å². The highest BCUT2D eigenvalue weighted by Gasteiger charge is 2.34. The summed E-state index contributed by atoms with van der Waals surface area (Å²) in [5.41, 5.74) is 3.59. The summed E-state index contributed by atoms with van der Waals surface area (Å²) in [5.74, 6) is -1.72. The van der Waals surface area contributed by atoms with Crippen LogP contribution in [0.4, 0.5) is 11.4 Å². The molecule has 1 N–H and O–H groups in total. The molecule has 6 nitrogen and oxygen atoms in total. The number of para-hydroxylation sites is 1. The lowest BCUT2D eigenvalue weighted by atomic mass is 10.1. The Morgan fingerprint density at radius 1 is 1.00 bits per heavy atom. The van der Waals surface area contributed by atoms with E-state index in [1.807, 2.05) is 50.2 Å². The summed E-state index contributed by atoms with van der Waals surface area (Å²) in [6.45, 7) is 6.74. The predicted molar refractivity (Wildman–Crippen MR) is 109 cm³/mol. The highest BCUT2D eigenvalue weighted by atomic mass is 16.2. The predicted octanol–water partition coefficient (Wildman–Crippen LogP) is 2.75. The number of aryl methyl sites for hydroxylation is 2. The van der Waals surface area contributed by atoms with Gasteiger partial charge in [-0.3, -0.25) is 14.4 Å². The van der Waals surface area contributed by atoms with Gasteiger partial charge in [-0.05, 0) is 49.2 Å². The highest BCUT2D eigenvalue weighted by Crippen LogP contribution is 2.19. The van der Waals surface area contributed by atoms with Crippen molar-refractivity contribution >= 4 is 29.1 Å². The summed E-state index contributed by atoms with van der Waals surface area (Å²) < 4.78 is 0. The lowest BCUT2D eigenvalue weighted by molar-refractivity contribution is -0.147. The van der Waals surface area contributed by atoms with Crippen LogP contribution in [0.1, 0.15) is 18.1 Å². The number of rotatable bonds is 5. The van der Waals surface area contributed by atoms with Gasteiger partial charge in [0, 0.05) is 31.0 Å². The number of hydrogen-bond donors (Lipinski definition) is 1. The monoisotopic (exact) mass is 379 g/mol. The minimum atomic E-state index is -0.568. The molecular weight excluding hydrogens is 354 g/mol. The van der Waals surface area contributed by atoms with E-state index < -0.39 is 17.7 Å². The SMILES string of the molecule is Cc1cc(C)cc(NC(=O)[C@H](C)CN2CCN(c3ccccc3)C(=O)C2=O)c1. The van der Waals surface area contributed by atoms with E-state index in [1.165, 1.54) is 9.80 Å². The third kappa shape index (κ3) is 4.39. The van der Waals surface area contributed by atoms with E-state index in [-0.39, 0.29) is 12.5 Å². The van der Waals surface area contributed by atoms with Crippen molar-refractivity contribution in [3.05, 3.63) is 59.7 Å². The van der Waals surface area contributed by atoms with Crippen LogP contribution in [0.2, 0.25) is 0 Å². The standard InChI is InChI=1S/C22H25N3O3/c1-15-11-16(2)13-18(12-15)23-20(26)17(3)14-24-9-10-25(22(28)21(24)27)19-7-5-4-6-8-19/h4-8,11-13,17H,9-10,14H2,1-3H3,(H,23,26)/t17-/m1/s1. The number of anilines is 2. The average molecular weight is 379 g/mol. The van der Waals surface area contributed by atoms with Gasteiger partial charge >= 0.3 is 11.8 Å². The maximum atomic E-state index is 12.5. The van der Waals surface area contributed by atoms with Crippen LogP contribution in [0.5, 0.6) is 0 Å². The smallest absolute Gasteiger partial charge is 0.316 e. The fourth-order valence-electron chi connectivity index (χ4n) is 3.43. The third-order valence-corrected chi connectivity index (χ3v) is 4.81. The van der Waals surface area contributed by atoms with Crippen molar-refractivity contribution < 1.29 is 14.4 Å². The number of carbonyl (C=O) groups is 3. The van der Waals surface area contributed by atoms with Crippen molar-refractivity contribution in [2.45, 2.75) is 20.8 Å². The first kappa shape index (κ1) is 19.6. The molecule has 2 aromatic carbocycles. The highest BCUT2D eigenvalue weighted by molar-refractivity contribution is 6.41. The molecule has 0 saturated carbocycles. The van der Waals surface area contributed by atoms with Crippen molar-refractivity contribution in [3.63, 3.8) is 0 Å². The zero-order chi connectivity index (χ0) is 20.3. The van der Waals surface area contributed by atoms with Crippen LogP contribution in [0.25, 0.3) is 0 Å². The van der Waals surface area contributed by atoms with Gasteiger partial charge in [-0.25, -0.2) is 0 Å². The average Bonchev–Trinajstić information content (AvgIpc) is 2.65. The molecule has 1 aliphatic rings. The van der Waals surface area contributed by atoms with Crippen LogP contribution >= 0.6 is 0 Å². The second-order valence-corrected chi connectivity index (χ2v) is 7.31. The first-order chi connectivity index (χ1) is 13.3. The molecule has 6 heteroatoms. The number of nitrogens with zero attached hydrogens (tertiary/aromatic N) is 2.